The average molecular weight is 1150 g/mol. The molecule has 0 atom stereocenters. The zero-order valence-corrected chi connectivity index (χ0v) is 57.9. The summed E-state index contributed by atoms with van der Waals surface area (Å²) in [6, 6.07) is 21.0. The third kappa shape index (κ3) is 25.1. The summed E-state index contributed by atoms with van der Waals surface area (Å²) in [5, 5.41) is 2.86. The van der Waals surface area contributed by atoms with Gasteiger partial charge >= 0.3 is 155 Å². The molecule has 1 aliphatic rings. The van der Waals surface area contributed by atoms with Crippen LogP contribution in [0.2, 0.25) is 47.0 Å². The number of hydrogen-bond donors (Lipinski definition) is 0. The summed E-state index contributed by atoms with van der Waals surface area (Å²) in [5.41, 5.74) is 29.6. The Labute approximate surface area is 497 Å². The Kier molecular flexibility index (Phi) is 41.0. The Morgan fingerprint density at radius 1 is 0.346 bits per heavy atom. The fourth-order valence-electron chi connectivity index (χ4n) is 12.7. The fraction of sp³-hybridized carbons (Fsp3) is 0.781. The predicted octanol–water partition coefficient (Wildman–Crippen LogP) is 25.6. The van der Waals surface area contributed by atoms with Crippen molar-refractivity contribution in [2.45, 2.75) is 368 Å². The van der Waals surface area contributed by atoms with E-state index >= 15 is 0 Å². The number of nitrogens with zero attached hydrogens (tertiary/aromatic N) is 2. The molecule has 2 aromatic carbocycles. The molecule has 0 unspecified atom stereocenters. The Hall–Kier alpha value is -1.55. The van der Waals surface area contributed by atoms with Gasteiger partial charge in [0, 0.05) is 22.3 Å². The first-order valence-corrected chi connectivity index (χ1v) is 41.7. The fourth-order valence-corrected chi connectivity index (χ4v) is 20.9. The number of unbranched alkanes of at least 4 members (excludes halogenated alkanes) is 21. The van der Waals surface area contributed by atoms with E-state index in [1.807, 2.05) is 14.4 Å². The van der Waals surface area contributed by atoms with Gasteiger partial charge in [0.05, 0.1) is 16.1 Å². The van der Waals surface area contributed by atoms with E-state index in [1.54, 1.807) is 38.1 Å². The minimum absolute atomic E-state index is 1.01. The van der Waals surface area contributed by atoms with Crippen LogP contribution in [0.4, 0.5) is 0 Å². The number of aryl methyl sites for hydroxylation is 4. The normalized spacial score (nSPS) is 13.2. The zero-order valence-electron chi connectivity index (χ0n) is 54.9. The standard InChI is InChI=1S/C51H86N2Si2.2C11H23.Ni/c1-13-24-29-41-34-45(35-42(30-25-14-2)48(41)38-54(18-6,19-7)20-8)50-40(12)47(33-28-17-5)51(53(50)52)46-36-43(31-26-15-3)49(44(37-46)32-27-16-4)39-55(21-9,22-10)23-11;2*1-3-5-7-9-11-10-8-6-4-2;/h34-37H,13-33,38-39H2,1-12H3;2*1,3-11H2,2H3;. The molecule has 0 saturated heterocycles. The summed E-state index contributed by atoms with van der Waals surface area (Å²) in [6.07, 6.45) is 43.9. The molecule has 0 bridgehead atoms. The van der Waals surface area contributed by atoms with Gasteiger partial charge in [-0.15, -0.1) is 0 Å². The second kappa shape index (κ2) is 44.0. The van der Waals surface area contributed by atoms with Crippen LogP contribution >= 0.6 is 0 Å². The predicted molar refractivity (Wildman–Crippen MR) is 356 cm³/mol. The molecule has 0 aromatic heterocycles. The summed E-state index contributed by atoms with van der Waals surface area (Å²) < 4.78 is 1.68. The summed E-state index contributed by atoms with van der Waals surface area (Å²) >= 11 is 2.03. The monoisotopic (exact) mass is 1150 g/mol. The van der Waals surface area contributed by atoms with Gasteiger partial charge in [-0.1, -0.05) is 145 Å². The molecule has 1 aliphatic heterocycles. The molecule has 5 heteroatoms. The second-order valence-electron chi connectivity index (χ2n) is 24.8. The first-order valence-electron chi connectivity index (χ1n) is 34.6. The number of rotatable bonds is 47. The molecule has 0 fully saturated rings. The third-order valence-electron chi connectivity index (χ3n) is 19.2. The Morgan fingerprint density at radius 2 is 0.615 bits per heavy atom. The molecule has 0 radical (unpaired) electrons. The third-order valence-corrected chi connectivity index (χ3v) is 31.8. The summed E-state index contributed by atoms with van der Waals surface area (Å²) in [5.74, 6) is 0. The first-order chi connectivity index (χ1) is 38.0. The second-order valence-corrected chi connectivity index (χ2v) is 37.2. The van der Waals surface area contributed by atoms with E-state index in [-0.39, 0.29) is 0 Å². The van der Waals surface area contributed by atoms with E-state index in [4.69, 9.17) is 0 Å². The van der Waals surface area contributed by atoms with Gasteiger partial charge in [0.2, 0.25) is 11.4 Å². The van der Waals surface area contributed by atoms with Crippen molar-refractivity contribution in [2.75, 3.05) is 0 Å². The van der Waals surface area contributed by atoms with Gasteiger partial charge in [-0.3, -0.25) is 0 Å². The summed E-state index contributed by atoms with van der Waals surface area (Å²) in [6.45, 7) is 33.4. The van der Waals surface area contributed by atoms with Crippen LogP contribution in [0.25, 0.3) is 16.9 Å². The molecule has 0 N–H and O–H groups in total. The SMILES string of the molecule is CCCCC1=C(c2cc(CCCC)c(C[Si](CC)(CC)CC)c(CCCC)c2)[N+](=[N-])C(c2cc(CCCC)c(C[Si](CC)(CC)CC)c(CCCC)c2)=C1C.CCCCCCCCCC[CH2][Ni][CH2]CCCCCCCCCC. The molecule has 78 heavy (non-hydrogen) atoms. The number of hydrogen-bond acceptors (Lipinski definition) is 0. The van der Waals surface area contributed by atoms with Crippen molar-refractivity contribution in [3.63, 3.8) is 0 Å². The molecule has 0 aliphatic carbocycles. The van der Waals surface area contributed by atoms with Crippen LogP contribution in [-0.2, 0) is 52.2 Å². The van der Waals surface area contributed by atoms with Crippen molar-refractivity contribution < 1.29 is 19.1 Å². The molecule has 0 spiro atoms. The van der Waals surface area contributed by atoms with Crippen molar-refractivity contribution >= 4 is 27.5 Å². The quantitative estimate of drug-likeness (QED) is 0.0359. The van der Waals surface area contributed by atoms with Crippen LogP contribution < -0.4 is 0 Å². The molecule has 1 heterocycles. The van der Waals surface area contributed by atoms with E-state index in [1.165, 1.54) is 248 Å². The van der Waals surface area contributed by atoms with Crippen LogP contribution in [0.1, 0.15) is 328 Å². The van der Waals surface area contributed by atoms with Gasteiger partial charge in [-0.2, -0.15) is 0 Å². The molecule has 2 nitrogen and oxygen atoms in total. The van der Waals surface area contributed by atoms with Crippen molar-refractivity contribution in [3.05, 3.63) is 85.5 Å². The maximum atomic E-state index is 12.7. The average Bonchev–Trinajstić information content (AvgIpc) is 3.82. The zero-order chi connectivity index (χ0) is 57.4. The van der Waals surface area contributed by atoms with E-state index in [0.717, 1.165) is 56.3 Å². The summed E-state index contributed by atoms with van der Waals surface area (Å²) in [7, 11) is -2.79. The van der Waals surface area contributed by atoms with Crippen molar-refractivity contribution in [1.82, 2.24) is 0 Å². The maximum absolute atomic E-state index is 12.7. The van der Waals surface area contributed by atoms with Crippen LogP contribution in [0.3, 0.4) is 0 Å². The Morgan fingerprint density at radius 3 is 0.910 bits per heavy atom. The molecule has 2 aromatic rings. The molecular formula is C73H132N2NiSi2. The number of benzene rings is 2. The summed E-state index contributed by atoms with van der Waals surface area (Å²) in [4.78, 5) is 0. The van der Waals surface area contributed by atoms with Gasteiger partial charge in [0.1, 0.15) is 0 Å². The van der Waals surface area contributed by atoms with Gasteiger partial charge < -0.3 is 5.53 Å². The molecule has 0 saturated carbocycles. The van der Waals surface area contributed by atoms with Crippen molar-refractivity contribution in [1.29, 1.82) is 0 Å². The molecule has 3 rings (SSSR count). The van der Waals surface area contributed by atoms with Gasteiger partial charge in [0.15, 0.2) is 0 Å². The molecule has 452 valence electrons. The Balaban J connectivity index is 0.000000758. The number of allylic oxidation sites excluding steroid dienone is 2. The molecule has 0 amide bonds. The minimum atomic E-state index is -1.39. The van der Waals surface area contributed by atoms with E-state index in [9.17, 15) is 5.53 Å². The van der Waals surface area contributed by atoms with E-state index in [0.29, 0.717) is 0 Å². The van der Waals surface area contributed by atoms with Gasteiger partial charge in [0.25, 0.3) is 0 Å². The van der Waals surface area contributed by atoms with Crippen LogP contribution in [0.5, 0.6) is 0 Å². The van der Waals surface area contributed by atoms with Crippen LogP contribution in [0.15, 0.2) is 35.4 Å². The molecular weight excluding hydrogens is 1020 g/mol. The van der Waals surface area contributed by atoms with E-state index in [2.05, 4.69) is 121 Å². The topological polar surface area (TPSA) is 25.3 Å². The Bertz CT molecular complexity index is 1860. The van der Waals surface area contributed by atoms with E-state index < -0.39 is 16.1 Å². The van der Waals surface area contributed by atoms with Crippen LogP contribution in [0, 0.1) is 0 Å². The van der Waals surface area contributed by atoms with Crippen molar-refractivity contribution in [2.24, 2.45) is 0 Å². The van der Waals surface area contributed by atoms with Crippen molar-refractivity contribution in [3.8, 4) is 0 Å². The van der Waals surface area contributed by atoms with Gasteiger partial charge in [-0.25, -0.2) is 4.70 Å². The van der Waals surface area contributed by atoms with Gasteiger partial charge in [-0.05, 0) is 141 Å². The van der Waals surface area contributed by atoms with Crippen LogP contribution in [-0.4, -0.2) is 20.8 Å². The first kappa shape index (κ1) is 72.5.